The third kappa shape index (κ3) is 3.20. The third-order valence-corrected chi connectivity index (χ3v) is 2.19. The topological polar surface area (TPSA) is 70.0 Å². The van der Waals surface area contributed by atoms with Gasteiger partial charge in [-0.1, -0.05) is 35.9 Å². The van der Waals surface area contributed by atoms with Crippen LogP contribution in [0.1, 0.15) is 19.4 Å². The molecule has 1 atom stereocenters. The predicted molar refractivity (Wildman–Crippen MR) is 60.3 cm³/mol. The zero-order valence-corrected chi connectivity index (χ0v) is 9.18. The van der Waals surface area contributed by atoms with Crippen LogP contribution in [-0.4, -0.2) is 23.1 Å². The molecule has 86 valence electrons. The molecule has 1 aromatic rings. The number of carbonyl (C=O) groups is 1. The van der Waals surface area contributed by atoms with Crippen molar-refractivity contribution in [3.8, 4) is 0 Å². The lowest BCUT2D eigenvalue weighted by Gasteiger charge is -2.13. The summed E-state index contributed by atoms with van der Waals surface area (Å²) in [5.41, 5.74) is -0.475. The minimum atomic E-state index is -2.17. The molecule has 1 unspecified atom stereocenters. The lowest BCUT2D eigenvalue weighted by Crippen LogP contribution is -2.23. The molecular formula is C10H11ClN2O3. The van der Waals surface area contributed by atoms with E-state index in [0.29, 0.717) is 10.5 Å². The Hall–Kier alpha value is -1.62. The Morgan fingerprint density at radius 1 is 1.62 bits per heavy atom. The fourth-order valence-electron chi connectivity index (χ4n) is 1.02. The Kier molecular flexibility index (Phi) is 3.27. The molecule has 6 heteroatoms. The molecule has 16 heavy (non-hydrogen) atoms. The lowest BCUT2D eigenvalue weighted by molar-refractivity contribution is 0.154. The molecule has 1 rings (SSSR count). The molecule has 0 radical (unpaired) electrons. The fourth-order valence-corrected chi connectivity index (χ4v) is 1.16. The molecular weight excluding hydrogens is 232 g/mol. The Bertz CT molecular complexity index is 453. The number of halogens is 1. The molecule has 1 N–H and O–H groups in total. The van der Waals surface area contributed by atoms with E-state index in [0.717, 1.165) is 7.05 Å². The van der Waals surface area contributed by atoms with Gasteiger partial charge in [-0.15, -0.1) is 4.91 Å². The molecule has 0 aliphatic heterocycles. The van der Waals surface area contributed by atoms with E-state index in [1.807, 2.05) is 0 Å². The van der Waals surface area contributed by atoms with Crippen LogP contribution in [0, 0.1) is 4.91 Å². The molecule has 0 bridgehead atoms. The predicted octanol–water partition coefficient (Wildman–Crippen LogP) is 2.80. The number of rotatable bonds is 4. The van der Waals surface area contributed by atoms with Gasteiger partial charge in [0.2, 0.25) is 0 Å². The second-order valence-electron chi connectivity index (χ2n) is 3.02. The number of hydrogen-bond donors (Lipinski definition) is 1. The van der Waals surface area contributed by atoms with Gasteiger partial charge in [0.1, 0.15) is 0 Å². The van der Waals surface area contributed by atoms with Crippen LogP contribution in [0.15, 0.2) is 29.4 Å². The number of hydrogen-bond acceptors (Lipinski definition) is 3. The zero-order valence-electron chi connectivity index (χ0n) is 10.4. The average Bonchev–Trinajstić information content (AvgIpc) is 2.36. The number of carboxylic acid groups (broad SMARTS) is 1. The average molecular weight is 245 g/mol. The van der Waals surface area contributed by atoms with Crippen molar-refractivity contribution >= 4 is 17.7 Å². The number of alkyl halides is 1. The maximum absolute atomic E-state index is 10.7. The Morgan fingerprint density at radius 3 is 2.62 bits per heavy atom. The first-order chi connectivity index (χ1) is 8.30. The largest absolute Gasteiger partial charge is 0.465 e. The fraction of sp³-hybridized carbons (Fsp3) is 0.300. The third-order valence-electron chi connectivity index (χ3n) is 1.86. The summed E-state index contributed by atoms with van der Waals surface area (Å²) < 4.78 is 15.4. The summed E-state index contributed by atoms with van der Waals surface area (Å²) in [5.74, 6) is 0. The summed E-state index contributed by atoms with van der Waals surface area (Å²) in [7, 11) is 1.13. The van der Waals surface area contributed by atoms with Crippen molar-refractivity contribution in [1.29, 1.82) is 0 Å². The summed E-state index contributed by atoms with van der Waals surface area (Å²) in [6.07, 6.45) is -1.38. The molecule has 1 amide bonds. The SMILES string of the molecule is [2H]C([2H])(c1ccc(C(Cl)N=O)cc1)N(C)C(=O)O. The molecule has 0 saturated heterocycles. The Morgan fingerprint density at radius 2 is 2.19 bits per heavy atom. The minimum absolute atomic E-state index is 0.144. The molecule has 0 aromatic heterocycles. The van der Waals surface area contributed by atoms with E-state index < -0.39 is 18.1 Å². The van der Waals surface area contributed by atoms with Crippen molar-refractivity contribution in [1.82, 2.24) is 4.90 Å². The van der Waals surface area contributed by atoms with Crippen molar-refractivity contribution < 1.29 is 12.6 Å². The van der Waals surface area contributed by atoms with Crippen molar-refractivity contribution in [2.45, 2.75) is 12.0 Å². The molecule has 1 aromatic carbocycles. The van der Waals surface area contributed by atoms with Gasteiger partial charge in [-0.25, -0.2) is 4.79 Å². The van der Waals surface area contributed by atoms with Gasteiger partial charge in [0.15, 0.2) is 5.50 Å². The van der Waals surface area contributed by atoms with Crippen LogP contribution in [0.25, 0.3) is 0 Å². The monoisotopic (exact) mass is 244 g/mol. The van der Waals surface area contributed by atoms with Crippen LogP contribution in [0.3, 0.4) is 0 Å². The summed E-state index contributed by atoms with van der Waals surface area (Å²) in [4.78, 5) is 21.5. The van der Waals surface area contributed by atoms with Crippen molar-refractivity contribution in [2.75, 3.05) is 7.05 Å². The normalized spacial score (nSPS) is 14.6. The van der Waals surface area contributed by atoms with Crippen LogP contribution in [-0.2, 0) is 6.50 Å². The highest BCUT2D eigenvalue weighted by molar-refractivity contribution is 6.20. The highest BCUT2D eigenvalue weighted by Gasteiger charge is 2.09. The molecule has 0 aliphatic rings. The first-order valence-corrected chi connectivity index (χ1v) is 4.78. The zero-order chi connectivity index (χ0) is 13.9. The van der Waals surface area contributed by atoms with E-state index in [9.17, 15) is 9.70 Å². The van der Waals surface area contributed by atoms with Gasteiger partial charge >= 0.3 is 6.09 Å². The van der Waals surface area contributed by atoms with Crippen LogP contribution < -0.4 is 0 Å². The van der Waals surface area contributed by atoms with E-state index in [1.165, 1.54) is 24.3 Å². The highest BCUT2D eigenvalue weighted by atomic mass is 35.5. The standard InChI is InChI=1S/C10H11ClN2O3/c1-13(10(14)15)6-7-2-4-8(5-3-7)9(11)12-16/h2-5,9H,6H2,1H3,(H,14,15)/i6D2. The molecule has 0 spiro atoms. The number of nitroso groups, excluding NO2 is 1. The van der Waals surface area contributed by atoms with Crippen LogP contribution in [0.5, 0.6) is 0 Å². The van der Waals surface area contributed by atoms with E-state index in [1.54, 1.807) is 0 Å². The van der Waals surface area contributed by atoms with Crippen LogP contribution in [0.2, 0.25) is 0 Å². The molecule has 0 aliphatic carbocycles. The molecule has 5 nitrogen and oxygen atoms in total. The van der Waals surface area contributed by atoms with E-state index in [2.05, 4.69) is 5.18 Å². The smallest absolute Gasteiger partial charge is 0.407 e. The summed E-state index contributed by atoms with van der Waals surface area (Å²) in [6.45, 7) is -2.17. The molecule has 0 fully saturated rings. The maximum Gasteiger partial charge on any atom is 0.407 e. The van der Waals surface area contributed by atoms with Crippen LogP contribution >= 0.6 is 11.6 Å². The summed E-state index contributed by atoms with van der Waals surface area (Å²) in [6, 6.07) is 5.61. The van der Waals surface area contributed by atoms with Crippen LogP contribution in [0.4, 0.5) is 4.79 Å². The Balaban J connectivity index is 3.04. The second kappa shape index (κ2) is 5.46. The second-order valence-corrected chi connectivity index (χ2v) is 3.43. The van der Waals surface area contributed by atoms with Crippen molar-refractivity contribution in [3.05, 3.63) is 40.3 Å². The van der Waals surface area contributed by atoms with Gasteiger partial charge in [0, 0.05) is 13.5 Å². The Labute approximate surface area is 100 Å². The van der Waals surface area contributed by atoms with Gasteiger partial charge in [0.25, 0.3) is 0 Å². The quantitative estimate of drug-likeness (QED) is 0.503. The number of amides is 1. The minimum Gasteiger partial charge on any atom is -0.465 e. The van der Waals surface area contributed by atoms with E-state index >= 15 is 0 Å². The van der Waals surface area contributed by atoms with Gasteiger partial charge in [-0.3, -0.25) is 0 Å². The molecule has 0 heterocycles. The maximum atomic E-state index is 10.7. The lowest BCUT2D eigenvalue weighted by atomic mass is 10.1. The van der Waals surface area contributed by atoms with E-state index in [4.69, 9.17) is 19.4 Å². The highest BCUT2D eigenvalue weighted by Crippen LogP contribution is 2.21. The number of benzene rings is 1. The van der Waals surface area contributed by atoms with Gasteiger partial charge in [-0.2, -0.15) is 0 Å². The number of nitrogens with zero attached hydrogens (tertiary/aromatic N) is 2. The van der Waals surface area contributed by atoms with Gasteiger partial charge in [0.05, 0.1) is 2.74 Å². The van der Waals surface area contributed by atoms with Crippen molar-refractivity contribution in [2.24, 2.45) is 5.18 Å². The summed E-state index contributed by atoms with van der Waals surface area (Å²) in [5, 5.41) is 11.4. The first kappa shape index (κ1) is 9.59. The summed E-state index contributed by atoms with van der Waals surface area (Å²) >= 11 is 5.59. The molecule has 0 saturated carbocycles. The van der Waals surface area contributed by atoms with Gasteiger partial charge in [-0.05, 0) is 16.3 Å². The van der Waals surface area contributed by atoms with Crippen molar-refractivity contribution in [3.63, 3.8) is 0 Å². The van der Waals surface area contributed by atoms with E-state index in [-0.39, 0.29) is 5.56 Å². The van der Waals surface area contributed by atoms with Gasteiger partial charge < -0.3 is 10.0 Å². The first-order valence-electron chi connectivity index (χ1n) is 5.34.